The van der Waals surface area contributed by atoms with Gasteiger partial charge in [-0.05, 0) is 56.1 Å². The van der Waals surface area contributed by atoms with Crippen LogP contribution in [0.2, 0.25) is 0 Å². The van der Waals surface area contributed by atoms with Crippen molar-refractivity contribution in [1.29, 1.82) is 0 Å². The zero-order chi connectivity index (χ0) is 21.5. The van der Waals surface area contributed by atoms with Gasteiger partial charge in [0, 0.05) is 31.9 Å². The largest absolute Gasteiger partial charge is 0.352 e. The lowest BCUT2D eigenvalue weighted by Gasteiger charge is -2.29. The Labute approximate surface area is 174 Å². The molecule has 1 aromatic heterocycles. The molecule has 0 saturated carbocycles. The molecule has 7 nitrogen and oxygen atoms in total. The van der Waals surface area contributed by atoms with Crippen LogP contribution in [0.1, 0.15) is 28.8 Å². The van der Waals surface area contributed by atoms with Crippen LogP contribution in [-0.4, -0.2) is 48.0 Å². The maximum absolute atomic E-state index is 12.9. The van der Waals surface area contributed by atoms with Crippen LogP contribution in [0.3, 0.4) is 0 Å². The number of carbonyl (C=O) groups is 2. The number of hydrogen-bond donors (Lipinski definition) is 2. The van der Waals surface area contributed by atoms with E-state index < -0.39 is 0 Å². The number of aromatic nitrogens is 1. The van der Waals surface area contributed by atoms with Gasteiger partial charge in [-0.2, -0.15) is 0 Å². The summed E-state index contributed by atoms with van der Waals surface area (Å²) in [7, 11) is 2.07. The van der Waals surface area contributed by atoms with Gasteiger partial charge in [0.05, 0.1) is 5.56 Å². The minimum atomic E-state index is -0.371. The number of nitrogens with zero attached hydrogens (tertiary/aromatic N) is 2. The van der Waals surface area contributed by atoms with Gasteiger partial charge in [-0.3, -0.25) is 14.4 Å². The fraction of sp³-hybridized carbons (Fsp3) is 0.409. The van der Waals surface area contributed by atoms with Gasteiger partial charge in [-0.1, -0.05) is 12.1 Å². The minimum Gasteiger partial charge on any atom is -0.352 e. The SMILES string of the molecule is CN1CCC[C@@H](CNC(=O)c2ccc(=O)n(CC(=O)NCc3ccc(F)cc3)c2)C1. The lowest BCUT2D eigenvalue weighted by atomic mass is 9.98. The van der Waals surface area contributed by atoms with Gasteiger partial charge in [0.2, 0.25) is 5.91 Å². The topological polar surface area (TPSA) is 83.4 Å². The molecule has 0 unspecified atom stereocenters. The zero-order valence-electron chi connectivity index (χ0n) is 17.1. The van der Waals surface area contributed by atoms with E-state index in [1.165, 1.54) is 35.0 Å². The number of likely N-dealkylation sites (tertiary alicyclic amines) is 1. The highest BCUT2D eigenvalue weighted by Gasteiger charge is 2.18. The molecule has 1 aromatic carbocycles. The second-order valence-corrected chi connectivity index (χ2v) is 7.77. The maximum atomic E-state index is 12.9. The summed E-state index contributed by atoms with van der Waals surface area (Å²) in [5.74, 6) is -0.564. The Hall–Kier alpha value is -3.00. The first-order valence-electron chi connectivity index (χ1n) is 10.1. The molecule has 2 amide bonds. The summed E-state index contributed by atoms with van der Waals surface area (Å²) in [6, 6.07) is 8.56. The van der Waals surface area contributed by atoms with Crippen LogP contribution in [0.25, 0.3) is 0 Å². The highest BCUT2D eigenvalue weighted by molar-refractivity contribution is 5.93. The van der Waals surface area contributed by atoms with Gasteiger partial charge in [0.1, 0.15) is 12.4 Å². The molecular weight excluding hydrogens is 387 g/mol. The van der Waals surface area contributed by atoms with Crippen LogP contribution >= 0.6 is 0 Å². The molecule has 1 aliphatic rings. The predicted molar refractivity (Wildman–Crippen MR) is 112 cm³/mol. The smallest absolute Gasteiger partial charge is 0.252 e. The van der Waals surface area contributed by atoms with E-state index in [4.69, 9.17) is 0 Å². The fourth-order valence-corrected chi connectivity index (χ4v) is 3.58. The Balaban J connectivity index is 1.54. The lowest BCUT2D eigenvalue weighted by molar-refractivity contribution is -0.121. The Bertz CT molecular complexity index is 942. The molecule has 1 atom stereocenters. The third-order valence-corrected chi connectivity index (χ3v) is 5.24. The van der Waals surface area contributed by atoms with Crippen LogP contribution in [0, 0.1) is 11.7 Å². The van der Waals surface area contributed by atoms with E-state index in [-0.39, 0.29) is 36.3 Å². The number of halogens is 1. The van der Waals surface area contributed by atoms with E-state index in [1.807, 2.05) is 0 Å². The van der Waals surface area contributed by atoms with E-state index in [2.05, 4.69) is 22.6 Å². The molecule has 160 valence electrons. The molecule has 2 aromatic rings. The molecule has 2 N–H and O–H groups in total. The van der Waals surface area contributed by atoms with Crippen molar-refractivity contribution >= 4 is 11.8 Å². The highest BCUT2D eigenvalue weighted by atomic mass is 19.1. The summed E-state index contributed by atoms with van der Waals surface area (Å²) in [6.07, 6.45) is 3.61. The number of amides is 2. The Morgan fingerprint density at radius 2 is 1.90 bits per heavy atom. The fourth-order valence-electron chi connectivity index (χ4n) is 3.58. The van der Waals surface area contributed by atoms with Crippen molar-refractivity contribution in [3.63, 3.8) is 0 Å². The number of hydrogen-bond acceptors (Lipinski definition) is 4. The zero-order valence-corrected chi connectivity index (χ0v) is 17.1. The molecule has 1 saturated heterocycles. The molecule has 0 radical (unpaired) electrons. The molecule has 1 fully saturated rings. The number of piperidine rings is 1. The first-order valence-corrected chi connectivity index (χ1v) is 10.1. The lowest BCUT2D eigenvalue weighted by Crippen LogP contribution is -2.39. The summed E-state index contributed by atoms with van der Waals surface area (Å²) in [6.45, 7) is 2.64. The Morgan fingerprint density at radius 3 is 2.63 bits per heavy atom. The van der Waals surface area contributed by atoms with E-state index in [0.717, 1.165) is 31.5 Å². The minimum absolute atomic E-state index is 0.200. The van der Waals surface area contributed by atoms with Crippen LogP contribution in [-0.2, 0) is 17.9 Å². The molecule has 0 bridgehead atoms. The standard InChI is InChI=1S/C22H27FN4O3/c1-26-10-2-3-17(13-26)12-25-22(30)18-6-9-21(29)27(14-18)15-20(28)24-11-16-4-7-19(23)8-5-16/h4-9,14,17H,2-3,10-13,15H2,1H3,(H,24,28)(H,25,30)/t17-/m0/s1. The van der Waals surface area contributed by atoms with Gasteiger partial charge >= 0.3 is 0 Å². The number of benzene rings is 1. The predicted octanol–water partition coefficient (Wildman–Crippen LogP) is 1.38. The van der Waals surface area contributed by atoms with E-state index >= 15 is 0 Å². The molecule has 30 heavy (non-hydrogen) atoms. The van der Waals surface area contributed by atoms with E-state index in [1.54, 1.807) is 12.1 Å². The van der Waals surface area contributed by atoms with Gasteiger partial charge in [-0.15, -0.1) is 0 Å². The first-order chi connectivity index (χ1) is 14.4. The second kappa shape index (κ2) is 10.2. The number of nitrogens with one attached hydrogen (secondary N) is 2. The normalized spacial score (nSPS) is 16.8. The summed E-state index contributed by atoms with van der Waals surface area (Å²) < 4.78 is 14.1. The number of rotatable bonds is 7. The Kier molecular flexibility index (Phi) is 7.35. The Morgan fingerprint density at radius 1 is 1.13 bits per heavy atom. The van der Waals surface area contributed by atoms with Crippen molar-refractivity contribution in [2.75, 3.05) is 26.7 Å². The number of pyridine rings is 1. The van der Waals surface area contributed by atoms with Gasteiger partial charge in [0.25, 0.3) is 11.5 Å². The van der Waals surface area contributed by atoms with Crippen LogP contribution in [0.15, 0.2) is 47.4 Å². The quantitative estimate of drug-likeness (QED) is 0.717. The van der Waals surface area contributed by atoms with Gasteiger partial charge < -0.3 is 20.1 Å². The molecule has 0 spiro atoms. The van der Waals surface area contributed by atoms with Crippen molar-refractivity contribution in [3.05, 3.63) is 69.9 Å². The average molecular weight is 414 g/mol. The van der Waals surface area contributed by atoms with Crippen LogP contribution in [0.4, 0.5) is 4.39 Å². The summed E-state index contributed by atoms with van der Waals surface area (Å²) in [5.41, 5.74) is 0.723. The third kappa shape index (κ3) is 6.25. The van der Waals surface area contributed by atoms with Gasteiger partial charge in [-0.25, -0.2) is 4.39 Å². The van der Waals surface area contributed by atoms with Crippen molar-refractivity contribution in [2.45, 2.75) is 25.9 Å². The maximum Gasteiger partial charge on any atom is 0.252 e. The summed E-state index contributed by atoms with van der Waals surface area (Å²) in [5, 5.41) is 5.62. The summed E-state index contributed by atoms with van der Waals surface area (Å²) >= 11 is 0. The van der Waals surface area contributed by atoms with Crippen molar-refractivity contribution in [2.24, 2.45) is 5.92 Å². The molecule has 3 rings (SSSR count). The number of carbonyl (C=O) groups excluding carboxylic acids is 2. The van der Waals surface area contributed by atoms with Crippen molar-refractivity contribution in [3.8, 4) is 0 Å². The molecular formula is C22H27FN4O3. The van der Waals surface area contributed by atoms with Crippen LogP contribution in [0.5, 0.6) is 0 Å². The molecule has 2 heterocycles. The highest BCUT2D eigenvalue weighted by Crippen LogP contribution is 2.14. The molecule has 1 aliphatic heterocycles. The van der Waals surface area contributed by atoms with Gasteiger partial charge in [0.15, 0.2) is 0 Å². The van der Waals surface area contributed by atoms with Crippen molar-refractivity contribution < 1.29 is 14.0 Å². The third-order valence-electron chi connectivity index (χ3n) is 5.24. The van der Waals surface area contributed by atoms with Crippen LogP contribution < -0.4 is 16.2 Å². The first kappa shape index (κ1) is 21.7. The second-order valence-electron chi connectivity index (χ2n) is 7.77. The molecule has 8 heteroatoms. The average Bonchev–Trinajstić information content (AvgIpc) is 2.73. The van der Waals surface area contributed by atoms with Crippen molar-refractivity contribution in [1.82, 2.24) is 20.1 Å². The van der Waals surface area contributed by atoms with E-state index in [9.17, 15) is 18.8 Å². The molecule has 0 aliphatic carbocycles. The summed E-state index contributed by atoms with van der Waals surface area (Å²) in [4.78, 5) is 39.0. The van der Waals surface area contributed by atoms with E-state index in [0.29, 0.717) is 18.0 Å². The monoisotopic (exact) mass is 414 g/mol.